The van der Waals surface area contributed by atoms with Crippen LogP contribution in [0.15, 0.2) is 42.5 Å². The van der Waals surface area contributed by atoms with Crippen LogP contribution in [0.1, 0.15) is 25.2 Å². The first-order valence-electron chi connectivity index (χ1n) is 9.57. The van der Waals surface area contributed by atoms with Gasteiger partial charge in [0, 0.05) is 19.5 Å². The van der Waals surface area contributed by atoms with E-state index < -0.39 is 0 Å². The number of halogens is 2. The Labute approximate surface area is 185 Å². The summed E-state index contributed by atoms with van der Waals surface area (Å²) in [5.41, 5.74) is 3.40. The lowest BCUT2D eigenvalue weighted by molar-refractivity contribution is 0.291. The molecule has 7 heteroatoms. The Balaban J connectivity index is 0.00000210. The van der Waals surface area contributed by atoms with Gasteiger partial charge in [0.05, 0.1) is 25.3 Å². The number of fused-ring (bicyclic) bond motifs is 1. The lowest BCUT2D eigenvalue weighted by Gasteiger charge is -2.19. The number of hydrogen-bond donors (Lipinski definition) is 0. The van der Waals surface area contributed by atoms with Gasteiger partial charge in [0.2, 0.25) is 0 Å². The third-order valence-electron chi connectivity index (χ3n) is 5.08. The van der Waals surface area contributed by atoms with E-state index in [9.17, 15) is 0 Å². The SMILES string of the molecule is CCN(CC)CCn1c(Cc2ccc(OC)c(OC)c2)nc2ccccc21.Cl.Cl. The van der Waals surface area contributed by atoms with E-state index in [0.717, 1.165) is 61.0 Å². The number of benzene rings is 2. The number of hydrogen-bond acceptors (Lipinski definition) is 4. The van der Waals surface area contributed by atoms with E-state index in [1.807, 2.05) is 18.2 Å². The molecule has 160 valence electrons. The van der Waals surface area contributed by atoms with E-state index in [2.05, 4.69) is 47.6 Å². The summed E-state index contributed by atoms with van der Waals surface area (Å²) in [6.07, 6.45) is 0.757. The van der Waals surface area contributed by atoms with Crippen molar-refractivity contribution in [1.29, 1.82) is 0 Å². The van der Waals surface area contributed by atoms with Crippen LogP contribution < -0.4 is 9.47 Å². The van der Waals surface area contributed by atoms with Gasteiger partial charge in [0.25, 0.3) is 0 Å². The fourth-order valence-corrected chi connectivity index (χ4v) is 3.46. The van der Waals surface area contributed by atoms with E-state index >= 15 is 0 Å². The van der Waals surface area contributed by atoms with Crippen molar-refractivity contribution in [1.82, 2.24) is 14.5 Å². The Morgan fingerprint density at radius 1 is 0.931 bits per heavy atom. The van der Waals surface area contributed by atoms with Gasteiger partial charge in [-0.3, -0.25) is 0 Å². The molecule has 0 spiro atoms. The van der Waals surface area contributed by atoms with Gasteiger partial charge >= 0.3 is 0 Å². The lowest BCUT2D eigenvalue weighted by atomic mass is 10.1. The maximum absolute atomic E-state index is 5.45. The Kier molecular flexibility index (Phi) is 10.3. The molecule has 0 fully saturated rings. The zero-order valence-electron chi connectivity index (χ0n) is 17.6. The summed E-state index contributed by atoms with van der Waals surface area (Å²) in [7, 11) is 3.32. The zero-order valence-corrected chi connectivity index (χ0v) is 19.2. The molecule has 0 N–H and O–H groups in total. The van der Waals surface area contributed by atoms with Gasteiger partial charge in [-0.05, 0) is 42.9 Å². The number of imidazole rings is 1. The molecule has 0 saturated carbocycles. The van der Waals surface area contributed by atoms with E-state index in [0.29, 0.717) is 0 Å². The molecule has 3 rings (SSSR count). The Morgan fingerprint density at radius 3 is 2.28 bits per heavy atom. The van der Waals surface area contributed by atoms with Crippen molar-refractivity contribution in [3.8, 4) is 11.5 Å². The standard InChI is InChI=1S/C22H29N3O2.2ClH/c1-5-24(6-2)13-14-25-19-10-8-7-9-18(19)23-22(25)16-17-11-12-20(26-3)21(15-17)27-4;;/h7-12,15H,5-6,13-14,16H2,1-4H3;2*1H. The highest BCUT2D eigenvalue weighted by Gasteiger charge is 2.13. The van der Waals surface area contributed by atoms with Gasteiger partial charge in [-0.15, -0.1) is 24.8 Å². The van der Waals surface area contributed by atoms with Crippen molar-refractivity contribution in [2.75, 3.05) is 33.9 Å². The minimum absolute atomic E-state index is 0. The van der Waals surface area contributed by atoms with Crippen LogP contribution >= 0.6 is 24.8 Å². The maximum atomic E-state index is 5.45. The number of nitrogens with zero attached hydrogens (tertiary/aromatic N) is 3. The minimum Gasteiger partial charge on any atom is -0.493 e. The molecule has 0 aliphatic carbocycles. The molecular weight excluding hydrogens is 409 g/mol. The summed E-state index contributed by atoms with van der Waals surface area (Å²) in [5, 5.41) is 0. The molecule has 3 aromatic rings. The van der Waals surface area contributed by atoms with Gasteiger partial charge < -0.3 is 18.9 Å². The van der Waals surface area contributed by atoms with Crippen molar-refractivity contribution < 1.29 is 9.47 Å². The van der Waals surface area contributed by atoms with Crippen LogP contribution in [-0.4, -0.2) is 48.3 Å². The average Bonchev–Trinajstić information content (AvgIpc) is 3.05. The monoisotopic (exact) mass is 439 g/mol. The molecule has 0 aliphatic heterocycles. The summed E-state index contributed by atoms with van der Waals surface area (Å²) in [5.74, 6) is 2.58. The van der Waals surface area contributed by atoms with E-state index in [-0.39, 0.29) is 24.8 Å². The predicted octanol–water partition coefficient (Wildman–Crippen LogP) is 4.83. The van der Waals surface area contributed by atoms with Gasteiger partial charge in [0.15, 0.2) is 11.5 Å². The third-order valence-corrected chi connectivity index (χ3v) is 5.08. The molecule has 5 nitrogen and oxygen atoms in total. The molecular formula is C22H31Cl2N3O2. The Bertz CT molecular complexity index is 895. The molecule has 1 heterocycles. The van der Waals surface area contributed by atoms with Crippen molar-refractivity contribution in [3.63, 3.8) is 0 Å². The number of aromatic nitrogens is 2. The number of para-hydroxylation sites is 2. The highest BCUT2D eigenvalue weighted by atomic mass is 35.5. The molecule has 0 bridgehead atoms. The van der Waals surface area contributed by atoms with Crippen molar-refractivity contribution >= 4 is 35.8 Å². The summed E-state index contributed by atoms with van der Waals surface area (Å²) >= 11 is 0. The quantitative estimate of drug-likeness (QED) is 0.478. The van der Waals surface area contributed by atoms with E-state index in [1.165, 1.54) is 5.52 Å². The molecule has 0 aliphatic rings. The summed E-state index contributed by atoms with van der Waals surface area (Å²) < 4.78 is 13.2. The minimum atomic E-state index is 0. The number of rotatable bonds is 9. The first kappa shape index (κ1) is 25.1. The van der Waals surface area contributed by atoms with E-state index in [1.54, 1.807) is 14.2 Å². The smallest absolute Gasteiger partial charge is 0.161 e. The summed E-state index contributed by atoms with van der Waals surface area (Å²) in [6, 6.07) is 14.4. The van der Waals surface area contributed by atoms with Gasteiger partial charge in [-0.1, -0.05) is 32.0 Å². The normalized spacial score (nSPS) is 10.5. The Hall–Kier alpha value is -1.95. The van der Waals surface area contributed by atoms with Crippen molar-refractivity contribution in [2.45, 2.75) is 26.8 Å². The van der Waals surface area contributed by atoms with Crippen LogP contribution in [0.3, 0.4) is 0 Å². The second-order valence-electron chi connectivity index (χ2n) is 6.56. The molecule has 0 atom stereocenters. The van der Waals surface area contributed by atoms with E-state index in [4.69, 9.17) is 14.5 Å². The topological polar surface area (TPSA) is 39.5 Å². The second-order valence-corrected chi connectivity index (χ2v) is 6.56. The van der Waals surface area contributed by atoms with Crippen LogP contribution in [0.4, 0.5) is 0 Å². The van der Waals surface area contributed by atoms with Crippen molar-refractivity contribution in [2.24, 2.45) is 0 Å². The molecule has 0 saturated heterocycles. The second kappa shape index (κ2) is 11.9. The third kappa shape index (κ3) is 5.78. The highest BCUT2D eigenvalue weighted by molar-refractivity contribution is 5.85. The number of likely N-dealkylation sites (N-methyl/N-ethyl adjacent to an activating group) is 1. The molecule has 29 heavy (non-hydrogen) atoms. The molecule has 0 radical (unpaired) electrons. The zero-order chi connectivity index (χ0) is 19.2. The molecule has 2 aromatic carbocycles. The first-order chi connectivity index (χ1) is 13.2. The van der Waals surface area contributed by atoms with Crippen LogP contribution in [0, 0.1) is 0 Å². The van der Waals surface area contributed by atoms with Crippen molar-refractivity contribution in [3.05, 3.63) is 53.9 Å². The predicted molar refractivity (Wildman–Crippen MR) is 124 cm³/mol. The Morgan fingerprint density at radius 2 is 1.62 bits per heavy atom. The highest BCUT2D eigenvalue weighted by Crippen LogP contribution is 2.29. The summed E-state index contributed by atoms with van der Waals surface area (Å²) in [4.78, 5) is 7.35. The average molecular weight is 440 g/mol. The molecule has 0 amide bonds. The van der Waals surface area contributed by atoms with Gasteiger partial charge in [-0.2, -0.15) is 0 Å². The van der Waals surface area contributed by atoms with Crippen LogP contribution in [0.5, 0.6) is 11.5 Å². The summed E-state index contributed by atoms with van der Waals surface area (Å²) in [6.45, 7) is 8.50. The van der Waals surface area contributed by atoms with Crippen LogP contribution in [-0.2, 0) is 13.0 Å². The number of methoxy groups -OCH3 is 2. The first-order valence-corrected chi connectivity index (χ1v) is 9.57. The fourth-order valence-electron chi connectivity index (χ4n) is 3.46. The molecule has 0 unspecified atom stereocenters. The molecule has 1 aromatic heterocycles. The van der Waals surface area contributed by atoms with Gasteiger partial charge in [-0.25, -0.2) is 4.98 Å². The largest absolute Gasteiger partial charge is 0.493 e. The van der Waals surface area contributed by atoms with Crippen LogP contribution in [0.25, 0.3) is 11.0 Å². The van der Waals surface area contributed by atoms with Crippen LogP contribution in [0.2, 0.25) is 0 Å². The fraction of sp³-hybridized carbons (Fsp3) is 0.409. The van der Waals surface area contributed by atoms with Gasteiger partial charge in [0.1, 0.15) is 5.82 Å². The lowest BCUT2D eigenvalue weighted by Crippen LogP contribution is -2.27. The maximum Gasteiger partial charge on any atom is 0.161 e. The number of ether oxygens (including phenoxy) is 2.